The monoisotopic (exact) mass is 374 g/mol. The topological polar surface area (TPSA) is 6.48 Å². The van der Waals surface area contributed by atoms with Crippen molar-refractivity contribution in [3.63, 3.8) is 0 Å². The number of benzene rings is 2. The highest BCUT2D eigenvalue weighted by Gasteiger charge is 2.23. The smallest absolute Gasteiger partial charge is 0.0282 e. The van der Waals surface area contributed by atoms with Gasteiger partial charge in [-0.3, -0.25) is 9.80 Å². The van der Waals surface area contributed by atoms with E-state index in [0.29, 0.717) is 12.1 Å². The second-order valence-corrected chi connectivity index (χ2v) is 8.42. The zero-order valence-electron chi connectivity index (χ0n) is 17.0. The van der Waals surface area contributed by atoms with Gasteiger partial charge in [0.15, 0.2) is 0 Å². The number of hydrogen-bond donors (Lipinski definition) is 0. The molecule has 2 heteroatoms. The van der Waals surface area contributed by atoms with E-state index in [1.807, 2.05) is 0 Å². The molecule has 0 spiro atoms. The Hall–Kier alpha value is -1.90. The predicted molar refractivity (Wildman–Crippen MR) is 118 cm³/mol. The Kier molecular flexibility index (Phi) is 6.96. The summed E-state index contributed by atoms with van der Waals surface area (Å²) in [5.74, 6) is 0. The Morgan fingerprint density at radius 2 is 1.04 bits per heavy atom. The number of nitrogens with zero attached hydrogens (tertiary/aromatic N) is 2. The molecule has 0 saturated carbocycles. The van der Waals surface area contributed by atoms with Gasteiger partial charge in [-0.1, -0.05) is 85.7 Å². The third-order valence-corrected chi connectivity index (χ3v) is 6.34. The van der Waals surface area contributed by atoms with Crippen LogP contribution in [0.5, 0.6) is 0 Å². The molecule has 0 amide bonds. The Bertz CT molecular complexity index is 661. The van der Waals surface area contributed by atoms with E-state index in [1.54, 1.807) is 0 Å². The third kappa shape index (κ3) is 5.33. The van der Waals surface area contributed by atoms with Gasteiger partial charge in [0.1, 0.15) is 0 Å². The minimum absolute atomic E-state index is 0.592. The van der Waals surface area contributed by atoms with Crippen molar-refractivity contribution in [1.29, 1.82) is 0 Å². The summed E-state index contributed by atoms with van der Waals surface area (Å²) in [6.45, 7) is 4.60. The van der Waals surface area contributed by atoms with Gasteiger partial charge in [0.25, 0.3) is 0 Å². The Labute approximate surface area is 170 Å². The Morgan fingerprint density at radius 1 is 0.607 bits per heavy atom. The molecule has 2 saturated heterocycles. The fourth-order valence-electron chi connectivity index (χ4n) is 4.75. The Morgan fingerprint density at radius 3 is 1.46 bits per heavy atom. The summed E-state index contributed by atoms with van der Waals surface area (Å²) in [5.41, 5.74) is 2.87. The van der Waals surface area contributed by atoms with Gasteiger partial charge in [0.2, 0.25) is 0 Å². The van der Waals surface area contributed by atoms with Crippen LogP contribution in [0.3, 0.4) is 0 Å². The molecule has 0 unspecified atom stereocenters. The van der Waals surface area contributed by atoms with Crippen molar-refractivity contribution in [2.45, 2.75) is 63.7 Å². The zero-order chi connectivity index (χ0) is 19.0. The number of rotatable bonds is 6. The lowest BCUT2D eigenvalue weighted by Crippen LogP contribution is -2.40. The average Bonchev–Trinajstić information content (AvgIpc) is 2.76. The van der Waals surface area contributed by atoms with Crippen molar-refractivity contribution < 1.29 is 0 Å². The maximum absolute atomic E-state index is 2.68. The van der Waals surface area contributed by atoms with Gasteiger partial charge in [-0.15, -0.1) is 0 Å². The van der Waals surface area contributed by atoms with E-state index >= 15 is 0 Å². The van der Waals surface area contributed by atoms with Crippen LogP contribution in [0.15, 0.2) is 72.8 Å². The molecule has 0 radical (unpaired) electrons. The maximum Gasteiger partial charge on any atom is 0.0282 e. The van der Waals surface area contributed by atoms with E-state index in [4.69, 9.17) is 0 Å². The summed E-state index contributed by atoms with van der Waals surface area (Å²) >= 11 is 0. The molecule has 2 aromatic rings. The molecule has 2 aromatic carbocycles. The first kappa shape index (κ1) is 19.4. The lowest BCUT2D eigenvalue weighted by molar-refractivity contribution is 0.161. The average molecular weight is 375 g/mol. The molecule has 4 rings (SSSR count). The lowest BCUT2D eigenvalue weighted by atomic mass is 9.97. The second kappa shape index (κ2) is 10.0. The van der Waals surface area contributed by atoms with E-state index in [-0.39, 0.29) is 0 Å². The van der Waals surface area contributed by atoms with Gasteiger partial charge in [-0.25, -0.2) is 0 Å². The van der Waals surface area contributed by atoms with Gasteiger partial charge in [-0.05, 0) is 49.9 Å². The maximum atomic E-state index is 2.68. The Balaban J connectivity index is 1.41. The standard InChI is InChI=1S/C26H34N2/c1-3-11-23(12-4-1)21-27-19-9-7-15-25(27)17-18-26-16-8-10-20-28(26)22-24-13-5-2-6-14-24/h1-6,11-14,17-18,25-26H,7-10,15-16,19-22H2/b18-17+/t25-,26+. The summed E-state index contributed by atoms with van der Waals surface area (Å²) in [6.07, 6.45) is 13.1. The normalized spacial score (nSPS) is 24.6. The molecule has 2 nitrogen and oxygen atoms in total. The summed E-state index contributed by atoms with van der Waals surface area (Å²) in [4.78, 5) is 5.36. The summed E-state index contributed by atoms with van der Waals surface area (Å²) in [5, 5.41) is 0. The van der Waals surface area contributed by atoms with Crippen LogP contribution in [-0.4, -0.2) is 35.0 Å². The SMILES string of the molecule is C(=C\[C@H]1CCCCN1Cc1ccccc1)/[C@@H]1CCCCN1Cc1ccccc1. The van der Waals surface area contributed by atoms with Crippen molar-refractivity contribution >= 4 is 0 Å². The van der Waals surface area contributed by atoms with Gasteiger partial charge in [0, 0.05) is 25.2 Å². The van der Waals surface area contributed by atoms with E-state index in [9.17, 15) is 0 Å². The van der Waals surface area contributed by atoms with Crippen molar-refractivity contribution in [3.8, 4) is 0 Å². The molecular formula is C26H34N2. The van der Waals surface area contributed by atoms with Crippen LogP contribution >= 0.6 is 0 Å². The van der Waals surface area contributed by atoms with Gasteiger partial charge >= 0.3 is 0 Å². The molecule has 2 aliphatic heterocycles. The number of likely N-dealkylation sites (tertiary alicyclic amines) is 2. The minimum atomic E-state index is 0.592. The van der Waals surface area contributed by atoms with Gasteiger partial charge in [-0.2, -0.15) is 0 Å². The fourth-order valence-corrected chi connectivity index (χ4v) is 4.75. The van der Waals surface area contributed by atoms with E-state index in [1.165, 1.54) is 62.7 Å². The molecule has 0 aliphatic carbocycles. The highest BCUT2D eigenvalue weighted by molar-refractivity contribution is 5.17. The van der Waals surface area contributed by atoms with Crippen LogP contribution < -0.4 is 0 Å². The summed E-state index contributed by atoms with van der Waals surface area (Å²) in [6, 6.07) is 23.1. The molecule has 28 heavy (non-hydrogen) atoms. The molecule has 148 valence electrons. The first-order chi connectivity index (χ1) is 13.9. The molecule has 0 N–H and O–H groups in total. The van der Waals surface area contributed by atoms with Crippen molar-refractivity contribution in [3.05, 3.63) is 83.9 Å². The molecule has 2 aliphatic rings. The van der Waals surface area contributed by atoms with Gasteiger partial charge < -0.3 is 0 Å². The molecule has 2 atom stereocenters. The quantitative estimate of drug-likeness (QED) is 0.603. The van der Waals surface area contributed by atoms with Crippen molar-refractivity contribution in [2.75, 3.05) is 13.1 Å². The van der Waals surface area contributed by atoms with Crippen LogP contribution in [0.4, 0.5) is 0 Å². The van der Waals surface area contributed by atoms with Crippen molar-refractivity contribution in [1.82, 2.24) is 9.80 Å². The third-order valence-electron chi connectivity index (χ3n) is 6.34. The van der Waals surface area contributed by atoms with E-state index in [0.717, 1.165) is 13.1 Å². The highest BCUT2D eigenvalue weighted by atomic mass is 15.2. The van der Waals surface area contributed by atoms with E-state index < -0.39 is 0 Å². The van der Waals surface area contributed by atoms with Crippen LogP contribution in [-0.2, 0) is 13.1 Å². The number of piperidine rings is 2. The summed E-state index contributed by atoms with van der Waals surface area (Å²) in [7, 11) is 0. The zero-order valence-corrected chi connectivity index (χ0v) is 17.0. The molecule has 2 heterocycles. The van der Waals surface area contributed by atoms with Crippen molar-refractivity contribution in [2.24, 2.45) is 0 Å². The predicted octanol–water partition coefficient (Wildman–Crippen LogP) is 5.65. The largest absolute Gasteiger partial charge is 0.293 e. The fraction of sp³-hybridized carbons (Fsp3) is 0.462. The molecular weight excluding hydrogens is 340 g/mol. The molecule has 0 bridgehead atoms. The first-order valence-electron chi connectivity index (χ1n) is 11.1. The van der Waals surface area contributed by atoms with E-state index in [2.05, 4.69) is 82.6 Å². The summed E-state index contributed by atoms with van der Waals surface area (Å²) < 4.78 is 0. The highest BCUT2D eigenvalue weighted by Crippen LogP contribution is 2.24. The minimum Gasteiger partial charge on any atom is -0.293 e. The second-order valence-electron chi connectivity index (χ2n) is 8.42. The first-order valence-corrected chi connectivity index (χ1v) is 11.1. The molecule has 0 aromatic heterocycles. The van der Waals surface area contributed by atoms with Crippen LogP contribution in [0.25, 0.3) is 0 Å². The number of hydrogen-bond acceptors (Lipinski definition) is 2. The van der Waals surface area contributed by atoms with Gasteiger partial charge in [0.05, 0.1) is 0 Å². The molecule has 2 fully saturated rings. The van der Waals surface area contributed by atoms with Crippen LogP contribution in [0.1, 0.15) is 49.7 Å². The lowest BCUT2D eigenvalue weighted by Gasteiger charge is -2.36. The van der Waals surface area contributed by atoms with Crippen LogP contribution in [0, 0.1) is 0 Å². The van der Waals surface area contributed by atoms with Crippen LogP contribution in [0.2, 0.25) is 0 Å².